The topological polar surface area (TPSA) is 69.6 Å². The molecule has 0 spiro atoms. The molecule has 0 saturated carbocycles. The lowest BCUT2D eigenvalue weighted by atomic mass is 10.1. The van der Waals surface area contributed by atoms with Crippen molar-refractivity contribution in [2.24, 2.45) is 7.05 Å². The smallest absolute Gasteiger partial charge is 0.180 e. The first-order valence-corrected chi connectivity index (χ1v) is 6.82. The molecule has 0 bridgehead atoms. The van der Waals surface area contributed by atoms with E-state index >= 15 is 0 Å². The molecule has 100 valence electrons. The summed E-state index contributed by atoms with van der Waals surface area (Å²) in [6.07, 6.45) is 3.39. The monoisotopic (exact) mass is 329 g/mol. The van der Waals surface area contributed by atoms with Crippen LogP contribution in [0.15, 0.2) is 47.2 Å². The zero-order chi connectivity index (χ0) is 14.1. The number of aryl methyl sites for hydroxylation is 1. The van der Waals surface area contributed by atoms with Crippen LogP contribution in [0.5, 0.6) is 0 Å². The molecule has 2 N–H and O–H groups in total. The lowest BCUT2D eigenvalue weighted by molar-refractivity contribution is 0.780. The highest BCUT2D eigenvalue weighted by molar-refractivity contribution is 9.10. The van der Waals surface area contributed by atoms with Crippen molar-refractivity contribution in [3.8, 4) is 22.6 Å². The summed E-state index contributed by atoms with van der Waals surface area (Å²) in [5.74, 6) is 1.16. The molecule has 0 radical (unpaired) electrons. The summed E-state index contributed by atoms with van der Waals surface area (Å²) in [6, 6.07) is 9.69. The highest BCUT2D eigenvalue weighted by Crippen LogP contribution is 2.34. The predicted molar refractivity (Wildman–Crippen MR) is 81.8 cm³/mol. The van der Waals surface area contributed by atoms with Gasteiger partial charge in [-0.05, 0) is 23.8 Å². The van der Waals surface area contributed by atoms with E-state index in [9.17, 15) is 0 Å². The van der Waals surface area contributed by atoms with Crippen molar-refractivity contribution in [3.05, 3.63) is 47.2 Å². The Balaban J connectivity index is 2.22. The Kier molecular flexibility index (Phi) is 3.23. The molecule has 0 aliphatic heterocycles. The van der Waals surface area contributed by atoms with Crippen molar-refractivity contribution in [1.82, 2.24) is 19.7 Å². The molecule has 0 saturated heterocycles. The molecule has 0 aliphatic carbocycles. The number of nitrogens with zero attached hydrogens (tertiary/aromatic N) is 4. The van der Waals surface area contributed by atoms with Crippen molar-refractivity contribution in [3.63, 3.8) is 0 Å². The number of benzene rings is 1. The van der Waals surface area contributed by atoms with E-state index in [4.69, 9.17) is 5.73 Å². The molecular weight excluding hydrogens is 318 g/mol. The minimum atomic E-state index is 0.567. The summed E-state index contributed by atoms with van der Waals surface area (Å²) < 4.78 is 2.66. The number of nitrogens with two attached hydrogens (primary N) is 1. The van der Waals surface area contributed by atoms with Crippen LogP contribution in [0.3, 0.4) is 0 Å². The molecule has 0 amide bonds. The lowest BCUT2D eigenvalue weighted by Gasteiger charge is -2.03. The summed E-state index contributed by atoms with van der Waals surface area (Å²) in [7, 11) is 1.81. The van der Waals surface area contributed by atoms with E-state index in [1.807, 2.05) is 31.3 Å². The molecule has 0 atom stereocenters. The van der Waals surface area contributed by atoms with Crippen molar-refractivity contribution in [2.45, 2.75) is 0 Å². The van der Waals surface area contributed by atoms with Gasteiger partial charge in [0.1, 0.15) is 11.5 Å². The van der Waals surface area contributed by atoms with Crippen molar-refractivity contribution < 1.29 is 0 Å². The molecule has 20 heavy (non-hydrogen) atoms. The maximum atomic E-state index is 6.14. The summed E-state index contributed by atoms with van der Waals surface area (Å²) in [4.78, 5) is 8.51. The third kappa shape index (κ3) is 2.18. The third-order valence-electron chi connectivity index (χ3n) is 3.00. The third-order valence-corrected chi connectivity index (χ3v) is 3.53. The van der Waals surface area contributed by atoms with Crippen LogP contribution in [0.4, 0.5) is 5.82 Å². The minimum absolute atomic E-state index is 0.567. The Morgan fingerprint density at radius 1 is 1.10 bits per heavy atom. The quantitative estimate of drug-likeness (QED) is 0.784. The van der Waals surface area contributed by atoms with E-state index in [0.717, 1.165) is 15.6 Å². The molecule has 3 rings (SSSR count). The van der Waals surface area contributed by atoms with Gasteiger partial charge in [-0.2, -0.15) is 5.10 Å². The van der Waals surface area contributed by atoms with E-state index < -0.39 is 0 Å². The average Bonchev–Trinajstić information content (AvgIpc) is 2.77. The zero-order valence-corrected chi connectivity index (χ0v) is 12.4. The molecule has 1 aromatic carbocycles. The van der Waals surface area contributed by atoms with Gasteiger partial charge in [0, 0.05) is 23.9 Å². The number of hydrogen-bond acceptors (Lipinski definition) is 4. The molecule has 5 nitrogen and oxygen atoms in total. The van der Waals surface area contributed by atoms with Crippen LogP contribution in [0, 0.1) is 0 Å². The highest BCUT2D eigenvalue weighted by Gasteiger charge is 2.18. The van der Waals surface area contributed by atoms with Crippen molar-refractivity contribution in [1.29, 1.82) is 0 Å². The van der Waals surface area contributed by atoms with Gasteiger partial charge >= 0.3 is 0 Å². The van der Waals surface area contributed by atoms with E-state index in [2.05, 4.69) is 31.0 Å². The molecule has 2 heterocycles. The van der Waals surface area contributed by atoms with E-state index in [1.54, 1.807) is 23.1 Å². The molecular formula is C14H12BrN5. The first-order chi connectivity index (χ1) is 9.66. The Hall–Kier alpha value is -2.21. The van der Waals surface area contributed by atoms with Gasteiger partial charge in [0.05, 0.1) is 5.56 Å². The van der Waals surface area contributed by atoms with Crippen molar-refractivity contribution >= 4 is 21.7 Å². The largest absolute Gasteiger partial charge is 0.383 e. The Labute approximate surface area is 124 Å². The fourth-order valence-corrected chi connectivity index (χ4v) is 2.28. The van der Waals surface area contributed by atoms with Crippen LogP contribution < -0.4 is 5.73 Å². The van der Waals surface area contributed by atoms with E-state index in [-0.39, 0.29) is 0 Å². The van der Waals surface area contributed by atoms with Crippen molar-refractivity contribution in [2.75, 3.05) is 5.73 Å². The van der Waals surface area contributed by atoms with Crippen LogP contribution in [-0.4, -0.2) is 19.7 Å². The molecule has 0 aliphatic rings. The lowest BCUT2D eigenvalue weighted by Crippen LogP contribution is -1.97. The summed E-state index contributed by atoms with van der Waals surface area (Å²) >= 11 is 3.43. The summed E-state index contributed by atoms with van der Waals surface area (Å²) in [6.45, 7) is 0. The van der Waals surface area contributed by atoms with Gasteiger partial charge < -0.3 is 5.73 Å². The number of nitrogen functional groups attached to an aromatic ring is 1. The fourth-order valence-electron chi connectivity index (χ4n) is 2.02. The molecule has 0 fully saturated rings. The normalized spacial score (nSPS) is 10.7. The van der Waals surface area contributed by atoms with Crippen LogP contribution in [-0.2, 0) is 7.05 Å². The Bertz CT molecular complexity index is 734. The predicted octanol–water partition coefficient (Wildman–Crippen LogP) is 2.89. The summed E-state index contributed by atoms with van der Waals surface area (Å²) in [5, 5.41) is 4.43. The second kappa shape index (κ2) is 5.05. The standard InChI is InChI=1S/C14H12BrN5/c1-20-13(16)11(9-3-5-10(15)6-4-9)12(19-20)14-17-7-2-8-18-14/h2-8H,16H2,1H3. The highest BCUT2D eigenvalue weighted by atomic mass is 79.9. The molecule has 2 aromatic heterocycles. The van der Waals surface area contributed by atoms with Crippen LogP contribution in [0.25, 0.3) is 22.6 Å². The Morgan fingerprint density at radius 3 is 2.40 bits per heavy atom. The van der Waals surface area contributed by atoms with Gasteiger partial charge in [0.15, 0.2) is 5.82 Å². The zero-order valence-electron chi connectivity index (χ0n) is 10.8. The van der Waals surface area contributed by atoms with Gasteiger partial charge in [-0.25, -0.2) is 9.97 Å². The summed E-state index contributed by atoms with van der Waals surface area (Å²) in [5.41, 5.74) is 8.67. The number of aromatic nitrogens is 4. The fraction of sp³-hybridized carbons (Fsp3) is 0.0714. The van der Waals surface area contributed by atoms with Gasteiger partial charge in [-0.15, -0.1) is 0 Å². The van der Waals surface area contributed by atoms with Crippen LogP contribution in [0.2, 0.25) is 0 Å². The maximum absolute atomic E-state index is 6.14. The van der Waals surface area contributed by atoms with Gasteiger partial charge in [-0.1, -0.05) is 28.1 Å². The van der Waals surface area contributed by atoms with Gasteiger partial charge in [-0.3, -0.25) is 4.68 Å². The molecule has 3 aromatic rings. The number of hydrogen-bond donors (Lipinski definition) is 1. The van der Waals surface area contributed by atoms with Crippen LogP contribution >= 0.6 is 15.9 Å². The number of rotatable bonds is 2. The van der Waals surface area contributed by atoms with E-state index in [1.165, 1.54) is 0 Å². The maximum Gasteiger partial charge on any atom is 0.180 e. The second-order valence-electron chi connectivity index (χ2n) is 4.31. The van der Waals surface area contributed by atoms with E-state index in [0.29, 0.717) is 17.3 Å². The molecule has 0 unspecified atom stereocenters. The first-order valence-electron chi connectivity index (χ1n) is 6.02. The average molecular weight is 330 g/mol. The number of halogens is 1. The van der Waals surface area contributed by atoms with Crippen LogP contribution in [0.1, 0.15) is 0 Å². The SMILES string of the molecule is Cn1nc(-c2ncccn2)c(-c2ccc(Br)cc2)c1N. The minimum Gasteiger partial charge on any atom is -0.383 e. The van der Waals surface area contributed by atoms with Gasteiger partial charge in [0.2, 0.25) is 0 Å². The Morgan fingerprint density at radius 2 is 1.75 bits per heavy atom. The second-order valence-corrected chi connectivity index (χ2v) is 5.23. The van der Waals surface area contributed by atoms with Gasteiger partial charge in [0.25, 0.3) is 0 Å². The first kappa shape index (κ1) is 12.8. The molecule has 6 heteroatoms. The number of anilines is 1.